The molecule has 1 heterocycles. The van der Waals surface area contributed by atoms with E-state index in [2.05, 4.69) is 15.5 Å². The molecule has 0 atom stereocenters. The van der Waals surface area contributed by atoms with Gasteiger partial charge in [0.2, 0.25) is 0 Å². The molecule has 0 aliphatic rings. The van der Waals surface area contributed by atoms with Gasteiger partial charge in [0, 0.05) is 17.5 Å². The summed E-state index contributed by atoms with van der Waals surface area (Å²) in [5.74, 6) is 0. The van der Waals surface area contributed by atoms with Crippen molar-refractivity contribution >= 4 is 38.9 Å². The maximum Gasteiger partial charge on any atom is 0.269 e. The second-order valence-electron chi connectivity index (χ2n) is 6.43. The van der Waals surface area contributed by atoms with Gasteiger partial charge < -0.3 is 0 Å². The number of aryl methyl sites for hydroxylation is 1. The lowest BCUT2D eigenvalue weighted by Gasteiger charge is -2.09. The summed E-state index contributed by atoms with van der Waals surface area (Å²) in [6.07, 6.45) is 0. The Morgan fingerprint density at radius 2 is 1.79 bits per heavy atom. The Morgan fingerprint density at radius 1 is 1.04 bits per heavy atom. The molecule has 0 radical (unpaired) electrons. The van der Waals surface area contributed by atoms with Crippen molar-refractivity contribution in [1.82, 2.24) is 9.97 Å². The predicted octanol–water partition coefficient (Wildman–Crippen LogP) is 4.84. The lowest BCUT2D eigenvalue weighted by molar-refractivity contribution is -0.384. The molecule has 7 nitrogen and oxygen atoms in total. The summed E-state index contributed by atoms with van der Waals surface area (Å²) < 4.78 is 0. The first-order chi connectivity index (χ1) is 13.5. The average Bonchev–Trinajstić information content (AvgIpc) is 2.71. The first-order valence-corrected chi connectivity index (χ1v) is 8.74. The number of nitrogens with one attached hydrogen (secondary N) is 1. The van der Waals surface area contributed by atoms with Gasteiger partial charge in [-0.2, -0.15) is 5.10 Å². The van der Waals surface area contributed by atoms with E-state index in [1.54, 1.807) is 12.1 Å². The van der Waals surface area contributed by atoms with Gasteiger partial charge in [0.1, 0.15) is 5.69 Å². The van der Waals surface area contributed by atoms with Crippen LogP contribution in [0.1, 0.15) is 18.3 Å². The summed E-state index contributed by atoms with van der Waals surface area (Å²) in [6.45, 7) is 3.76. The molecule has 0 saturated heterocycles. The van der Waals surface area contributed by atoms with E-state index in [0.717, 1.165) is 27.5 Å². The number of aromatic nitrogens is 2. The number of hydrazone groups is 1. The number of hydrogen-bond donors (Lipinski definition) is 1. The van der Waals surface area contributed by atoms with Crippen molar-refractivity contribution < 1.29 is 4.92 Å². The summed E-state index contributed by atoms with van der Waals surface area (Å²) in [5.41, 5.74) is 7.46. The van der Waals surface area contributed by atoms with Gasteiger partial charge in [-0.3, -0.25) is 15.5 Å². The molecule has 0 unspecified atom stereocenters. The van der Waals surface area contributed by atoms with Crippen LogP contribution in [-0.4, -0.2) is 20.6 Å². The molecule has 1 aromatic heterocycles. The first-order valence-electron chi connectivity index (χ1n) is 8.74. The van der Waals surface area contributed by atoms with Crippen molar-refractivity contribution in [3.63, 3.8) is 0 Å². The lowest BCUT2D eigenvalue weighted by Crippen LogP contribution is -2.07. The van der Waals surface area contributed by atoms with Gasteiger partial charge in [0.15, 0.2) is 0 Å². The molecule has 0 saturated carbocycles. The van der Waals surface area contributed by atoms with Gasteiger partial charge in [-0.1, -0.05) is 30.3 Å². The molecule has 138 valence electrons. The highest BCUT2D eigenvalue weighted by Crippen LogP contribution is 2.24. The van der Waals surface area contributed by atoms with Crippen molar-refractivity contribution in [2.45, 2.75) is 13.8 Å². The van der Waals surface area contributed by atoms with Crippen molar-refractivity contribution in [3.8, 4) is 0 Å². The third-order valence-electron chi connectivity index (χ3n) is 4.51. The van der Waals surface area contributed by atoms with Gasteiger partial charge in [0.05, 0.1) is 33.0 Å². The number of nitrogens with zero attached hydrogens (tertiary/aromatic N) is 4. The number of fused-ring (bicyclic) bond motifs is 3. The zero-order valence-corrected chi connectivity index (χ0v) is 15.4. The maximum atomic E-state index is 10.7. The minimum Gasteiger partial charge on any atom is -0.278 e. The topological polar surface area (TPSA) is 93.3 Å². The Hall–Kier alpha value is -3.87. The summed E-state index contributed by atoms with van der Waals surface area (Å²) in [4.78, 5) is 19.8. The molecular weight excluding hydrogens is 354 g/mol. The second kappa shape index (κ2) is 7.03. The summed E-state index contributed by atoms with van der Waals surface area (Å²) in [7, 11) is 0. The fraction of sp³-hybridized carbons (Fsp3) is 0.0952. The fourth-order valence-corrected chi connectivity index (χ4v) is 3.08. The summed E-state index contributed by atoms with van der Waals surface area (Å²) in [6, 6.07) is 18.2. The fourth-order valence-electron chi connectivity index (χ4n) is 3.08. The number of rotatable bonds is 4. The largest absolute Gasteiger partial charge is 0.278 e. The summed E-state index contributed by atoms with van der Waals surface area (Å²) in [5, 5.41) is 17.3. The minimum atomic E-state index is -0.434. The monoisotopic (exact) mass is 371 g/mol. The number of hydrogen-bond acceptors (Lipinski definition) is 6. The van der Waals surface area contributed by atoms with Crippen LogP contribution in [0.2, 0.25) is 0 Å². The van der Waals surface area contributed by atoms with Crippen LogP contribution in [0, 0.1) is 17.0 Å². The van der Waals surface area contributed by atoms with E-state index >= 15 is 0 Å². The van der Waals surface area contributed by atoms with Gasteiger partial charge >= 0.3 is 0 Å². The van der Waals surface area contributed by atoms with Gasteiger partial charge in [-0.15, -0.1) is 0 Å². The lowest BCUT2D eigenvalue weighted by atomic mass is 10.1. The van der Waals surface area contributed by atoms with Crippen molar-refractivity contribution in [1.29, 1.82) is 0 Å². The van der Waals surface area contributed by atoms with Gasteiger partial charge in [-0.05, 0) is 37.4 Å². The molecule has 0 fully saturated rings. The van der Waals surface area contributed by atoms with E-state index in [0.29, 0.717) is 17.1 Å². The van der Waals surface area contributed by atoms with Gasteiger partial charge in [0.25, 0.3) is 5.69 Å². The van der Waals surface area contributed by atoms with Crippen molar-refractivity contribution in [2.24, 2.45) is 5.10 Å². The predicted molar refractivity (Wildman–Crippen MR) is 111 cm³/mol. The molecule has 7 heteroatoms. The zero-order chi connectivity index (χ0) is 19.7. The van der Waals surface area contributed by atoms with Crippen LogP contribution in [-0.2, 0) is 0 Å². The Kier molecular flexibility index (Phi) is 4.41. The average molecular weight is 371 g/mol. The molecule has 0 amide bonds. The van der Waals surface area contributed by atoms with E-state index < -0.39 is 4.92 Å². The number of anilines is 1. The molecule has 28 heavy (non-hydrogen) atoms. The number of nitro benzene ring substituents is 1. The molecule has 4 rings (SSSR count). The maximum absolute atomic E-state index is 10.7. The minimum absolute atomic E-state index is 0.0365. The first kappa shape index (κ1) is 17.5. The van der Waals surface area contributed by atoms with Crippen LogP contribution in [0.25, 0.3) is 21.8 Å². The SMILES string of the molecule is CC(=NNc1ccc([N+](=O)[O-])cc1)c1nc2c(ccc3ccccc32)nc1C. The van der Waals surface area contributed by atoms with E-state index in [-0.39, 0.29) is 5.69 Å². The highest BCUT2D eigenvalue weighted by atomic mass is 16.6. The molecule has 0 aliphatic heterocycles. The summed E-state index contributed by atoms with van der Waals surface area (Å²) >= 11 is 0. The highest BCUT2D eigenvalue weighted by Gasteiger charge is 2.11. The van der Waals surface area contributed by atoms with E-state index in [9.17, 15) is 10.1 Å². The van der Waals surface area contributed by atoms with Crippen molar-refractivity contribution in [3.05, 3.63) is 82.2 Å². The highest BCUT2D eigenvalue weighted by molar-refractivity contribution is 6.06. The van der Waals surface area contributed by atoms with E-state index in [1.807, 2.05) is 50.2 Å². The van der Waals surface area contributed by atoms with Crippen LogP contribution < -0.4 is 5.43 Å². The normalized spacial score (nSPS) is 11.7. The molecule has 0 aliphatic carbocycles. The number of benzene rings is 3. The van der Waals surface area contributed by atoms with Crippen LogP contribution in [0.3, 0.4) is 0 Å². The zero-order valence-electron chi connectivity index (χ0n) is 15.4. The van der Waals surface area contributed by atoms with E-state index in [4.69, 9.17) is 4.98 Å². The van der Waals surface area contributed by atoms with Crippen molar-refractivity contribution in [2.75, 3.05) is 5.43 Å². The Labute approximate surface area is 160 Å². The molecule has 4 aromatic rings. The quantitative estimate of drug-likeness (QED) is 0.240. The molecule has 0 bridgehead atoms. The Morgan fingerprint density at radius 3 is 2.54 bits per heavy atom. The third-order valence-corrected chi connectivity index (χ3v) is 4.51. The molecular formula is C21H17N5O2. The van der Waals surface area contributed by atoms with Gasteiger partial charge in [-0.25, -0.2) is 9.97 Å². The Bertz CT molecular complexity index is 1230. The van der Waals surface area contributed by atoms with Crippen LogP contribution in [0.15, 0.2) is 65.8 Å². The second-order valence-corrected chi connectivity index (χ2v) is 6.43. The van der Waals surface area contributed by atoms with E-state index in [1.165, 1.54) is 12.1 Å². The molecule has 3 aromatic carbocycles. The van der Waals surface area contributed by atoms with Crippen LogP contribution in [0.5, 0.6) is 0 Å². The molecule has 0 spiro atoms. The molecule has 1 N–H and O–H groups in total. The third kappa shape index (κ3) is 3.25. The standard InChI is InChI=1S/C21H17N5O2/c1-13-20(14(2)24-25-16-8-10-17(11-9-16)26(27)28)23-21-18-6-4-3-5-15(18)7-12-19(21)22-13/h3-12,25H,1-2H3. The van der Waals surface area contributed by atoms with Crippen LogP contribution in [0.4, 0.5) is 11.4 Å². The Balaban J connectivity index is 1.70. The number of non-ortho nitro benzene ring substituents is 1. The number of nitro groups is 1. The van der Waals surface area contributed by atoms with Crippen LogP contribution >= 0.6 is 0 Å². The smallest absolute Gasteiger partial charge is 0.269 e.